The zero-order valence-electron chi connectivity index (χ0n) is 17.5. The van der Waals surface area contributed by atoms with Gasteiger partial charge in [0, 0.05) is 55.1 Å². The summed E-state index contributed by atoms with van der Waals surface area (Å²) < 4.78 is 40.0. The third kappa shape index (κ3) is 4.29. The van der Waals surface area contributed by atoms with Crippen molar-refractivity contribution >= 4 is 10.9 Å². The van der Waals surface area contributed by atoms with Gasteiger partial charge < -0.3 is 14.5 Å². The highest BCUT2D eigenvalue weighted by atomic mass is 19.3. The Labute approximate surface area is 175 Å². The maximum absolute atomic E-state index is 14.7. The molecule has 160 valence electrons. The molecule has 1 N–H and O–H groups in total. The van der Waals surface area contributed by atoms with Gasteiger partial charge in [-0.05, 0) is 42.2 Å². The first kappa shape index (κ1) is 20.7. The topological polar surface area (TPSA) is 37.5 Å². The number of likely N-dealkylation sites (tertiary alicyclic amines) is 1. The number of aryl methyl sites for hydroxylation is 1. The van der Waals surface area contributed by atoms with Crippen molar-refractivity contribution in [1.82, 2.24) is 9.88 Å². The maximum atomic E-state index is 14.7. The van der Waals surface area contributed by atoms with Crippen LogP contribution in [0.3, 0.4) is 0 Å². The van der Waals surface area contributed by atoms with Gasteiger partial charge in [0.2, 0.25) is 0 Å². The Bertz CT molecular complexity index is 1000. The van der Waals surface area contributed by atoms with Gasteiger partial charge in [0.1, 0.15) is 11.5 Å². The third-order valence-corrected chi connectivity index (χ3v) is 6.16. The second-order valence-electron chi connectivity index (χ2n) is 8.02. The molecule has 0 saturated carbocycles. The fourth-order valence-corrected chi connectivity index (χ4v) is 4.40. The normalized spacial score (nSPS) is 19.1. The van der Waals surface area contributed by atoms with Crippen molar-refractivity contribution in [2.45, 2.75) is 31.7 Å². The Kier molecular flexibility index (Phi) is 5.95. The summed E-state index contributed by atoms with van der Waals surface area (Å²) in [6.07, 6.45) is 2.90. The molecule has 1 unspecified atom stereocenters. The number of para-hydroxylation sites is 1. The Balaban J connectivity index is 1.45. The molecule has 0 bridgehead atoms. The summed E-state index contributed by atoms with van der Waals surface area (Å²) in [4.78, 5) is 5.42. The smallest absolute Gasteiger partial charge is 0.253 e. The van der Waals surface area contributed by atoms with E-state index in [2.05, 4.69) is 9.88 Å². The maximum Gasteiger partial charge on any atom is 0.253 e. The first-order chi connectivity index (χ1) is 14.5. The van der Waals surface area contributed by atoms with E-state index in [9.17, 15) is 8.78 Å². The van der Waals surface area contributed by atoms with E-state index in [1.807, 2.05) is 48.7 Å². The number of alkyl halides is 2. The number of methoxy groups -OCH3 is 2. The highest BCUT2D eigenvalue weighted by Crippen LogP contribution is 2.37. The number of H-pyrrole nitrogens is 1. The van der Waals surface area contributed by atoms with E-state index >= 15 is 0 Å². The van der Waals surface area contributed by atoms with Crippen LogP contribution in [0.15, 0.2) is 48.7 Å². The van der Waals surface area contributed by atoms with Crippen molar-refractivity contribution in [1.29, 1.82) is 0 Å². The molecule has 30 heavy (non-hydrogen) atoms. The van der Waals surface area contributed by atoms with Crippen LogP contribution in [0.25, 0.3) is 10.9 Å². The van der Waals surface area contributed by atoms with E-state index in [1.54, 1.807) is 14.2 Å². The van der Waals surface area contributed by atoms with E-state index in [0.717, 1.165) is 33.5 Å². The molecule has 1 aliphatic heterocycles. The van der Waals surface area contributed by atoms with Crippen LogP contribution in [0, 0.1) is 5.92 Å². The molecule has 0 spiro atoms. The van der Waals surface area contributed by atoms with Gasteiger partial charge in [0.05, 0.1) is 14.2 Å². The zero-order valence-corrected chi connectivity index (χ0v) is 17.5. The minimum atomic E-state index is -2.63. The predicted octanol–water partition coefficient (Wildman–Crippen LogP) is 5.28. The average Bonchev–Trinajstić information content (AvgIpc) is 3.16. The van der Waals surface area contributed by atoms with Crippen LogP contribution in [0.5, 0.6) is 11.5 Å². The Morgan fingerprint density at radius 3 is 2.73 bits per heavy atom. The third-order valence-electron chi connectivity index (χ3n) is 6.16. The van der Waals surface area contributed by atoms with E-state index in [4.69, 9.17) is 9.47 Å². The van der Waals surface area contributed by atoms with Crippen LogP contribution in [0.4, 0.5) is 8.78 Å². The Morgan fingerprint density at radius 1 is 1.10 bits per heavy atom. The van der Waals surface area contributed by atoms with E-state index in [1.165, 1.54) is 0 Å². The number of hydrogen-bond acceptors (Lipinski definition) is 3. The molecular formula is C24H28F2N2O2. The quantitative estimate of drug-likeness (QED) is 0.572. The summed E-state index contributed by atoms with van der Waals surface area (Å²) in [6, 6.07) is 13.6. The van der Waals surface area contributed by atoms with E-state index in [0.29, 0.717) is 32.5 Å². The average molecular weight is 414 g/mol. The molecule has 1 saturated heterocycles. The van der Waals surface area contributed by atoms with Gasteiger partial charge in [-0.3, -0.25) is 4.90 Å². The Morgan fingerprint density at radius 2 is 1.93 bits per heavy atom. The highest BCUT2D eigenvalue weighted by Gasteiger charge is 2.43. The molecule has 0 amide bonds. The number of fused-ring (bicyclic) bond motifs is 1. The molecule has 0 radical (unpaired) electrons. The standard InChI is InChI=1S/C24H28F2N2O2/c1-29-20-9-10-21-18(14-27-22(21)13-20)15-28-12-11-24(25,26)19(16-28)8-7-17-5-3-4-6-23(17)30-2/h3-6,9-10,13-14,19,27H,7-8,11-12,15-16H2,1-2H3. The van der Waals surface area contributed by atoms with Crippen LogP contribution >= 0.6 is 0 Å². The lowest BCUT2D eigenvalue weighted by molar-refractivity contribution is -0.109. The van der Waals surface area contributed by atoms with Crippen LogP contribution in [0.1, 0.15) is 24.0 Å². The molecule has 4 nitrogen and oxygen atoms in total. The molecule has 4 rings (SSSR count). The number of nitrogens with zero attached hydrogens (tertiary/aromatic N) is 1. The summed E-state index contributed by atoms with van der Waals surface area (Å²) >= 11 is 0. The van der Waals surface area contributed by atoms with Crippen LogP contribution in [0.2, 0.25) is 0 Å². The molecule has 1 atom stereocenters. The summed E-state index contributed by atoms with van der Waals surface area (Å²) in [5.41, 5.74) is 3.11. The molecule has 6 heteroatoms. The minimum Gasteiger partial charge on any atom is -0.497 e. The van der Waals surface area contributed by atoms with Crippen molar-refractivity contribution < 1.29 is 18.3 Å². The van der Waals surface area contributed by atoms with Gasteiger partial charge in [0.15, 0.2) is 0 Å². The van der Waals surface area contributed by atoms with E-state index < -0.39 is 11.8 Å². The lowest BCUT2D eigenvalue weighted by atomic mass is 9.87. The molecule has 2 aromatic carbocycles. The van der Waals surface area contributed by atoms with Gasteiger partial charge in [-0.1, -0.05) is 18.2 Å². The number of rotatable bonds is 7. The molecule has 3 aromatic rings. The monoisotopic (exact) mass is 414 g/mol. The second kappa shape index (κ2) is 8.64. The summed E-state index contributed by atoms with van der Waals surface area (Å²) in [7, 11) is 3.26. The van der Waals surface area contributed by atoms with Crippen LogP contribution < -0.4 is 9.47 Å². The predicted molar refractivity (Wildman–Crippen MR) is 114 cm³/mol. The first-order valence-electron chi connectivity index (χ1n) is 10.4. The minimum absolute atomic E-state index is 0.0975. The number of benzene rings is 2. The Hall–Kier alpha value is -2.60. The van der Waals surface area contributed by atoms with Gasteiger partial charge >= 0.3 is 0 Å². The molecule has 2 heterocycles. The van der Waals surface area contributed by atoms with Crippen molar-refractivity contribution in [3.05, 3.63) is 59.8 Å². The van der Waals surface area contributed by atoms with Crippen LogP contribution in [-0.4, -0.2) is 43.1 Å². The van der Waals surface area contributed by atoms with Gasteiger partial charge in [-0.15, -0.1) is 0 Å². The van der Waals surface area contributed by atoms with Crippen molar-refractivity contribution in [3.63, 3.8) is 0 Å². The summed E-state index contributed by atoms with van der Waals surface area (Å²) in [5.74, 6) is -1.74. The number of aromatic amines is 1. The number of nitrogens with one attached hydrogen (secondary N) is 1. The summed E-state index contributed by atoms with van der Waals surface area (Å²) in [5, 5.41) is 1.11. The summed E-state index contributed by atoms with van der Waals surface area (Å²) in [6.45, 7) is 1.46. The van der Waals surface area contributed by atoms with Gasteiger partial charge in [0.25, 0.3) is 5.92 Å². The lowest BCUT2D eigenvalue weighted by Crippen LogP contribution is -2.46. The SMILES string of the molecule is COc1ccc2c(CN3CCC(F)(F)C(CCc4ccccc4OC)C3)c[nH]c2c1. The largest absolute Gasteiger partial charge is 0.497 e. The number of hydrogen-bond donors (Lipinski definition) is 1. The highest BCUT2D eigenvalue weighted by molar-refractivity contribution is 5.84. The molecule has 1 fully saturated rings. The first-order valence-corrected chi connectivity index (χ1v) is 10.4. The molecule has 0 aliphatic carbocycles. The number of piperidine rings is 1. The fourth-order valence-electron chi connectivity index (χ4n) is 4.40. The molecule has 1 aliphatic rings. The number of ether oxygens (including phenoxy) is 2. The van der Waals surface area contributed by atoms with Crippen molar-refractivity contribution in [2.24, 2.45) is 5.92 Å². The van der Waals surface area contributed by atoms with E-state index in [-0.39, 0.29) is 6.42 Å². The van der Waals surface area contributed by atoms with Gasteiger partial charge in [-0.2, -0.15) is 0 Å². The lowest BCUT2D eigenvalue weighted by Gasteiger charge is -2.38. The second-order valence-corrected chi connectivity index (χ2v) is 8.02. The zero-order chi connectivity index (χ0) is 21.1. The van der Waals surface area contributed by atoms with Crippen LogP contribution in [-0.2, 0) is 13.0 Å². The number of halogens is 2. The van der Waals surface area contributed by atoms with Crippen molar-refractivity contribution in [3.8, 4) is 11.5 Å². The molecular weight excluding hydrogens is 386 g/mol. The van der Waals surface area contributed by atoms with Gasteiger partial charge in [-0.25, -0.2) is 8.78 Å². The van der Waals surface area contributed by atoms with Crippen molar-refractivity contribution in [2.75, 3.05) is 27.3 Å². The number of aromatic nitrogens is 1. The fraction of sp³-hybridized carbons (Fsp3) is 0.417. The molecule has 1 aromatic heterocycles.